The highest BCUT2D eigenvalue weighted by atomic mass is 35.5. The molecular formula is C17H35ClO2Si. The van der Waals surface area contributed by atoms with Gasteiger partial charge in [0, 0.05) is 12.3 Å². The molecule has 0 saturated heterocycles. The van der Waals surface area contributed by atoms with E-state index in [-0.39, 0.29) is 5.97 Å². The maximum atomic E-state index is 12.2. The predicted octanol–water partition coefficient (Wildman–Crippen LogP) is 6.28. The molecule has 0 unspecified atom stereocenters. The minimum absolute atomic E-state index is 0.0371. The van der Waals surface area contributed by atoms with E-state index < -0.39 is 8.32 Å². The van der Waals surface area contributed by atoms with Crippen LogP contribution >= 0.6 is 11.6 Å². The Morgan fingerprint density at radius 1 is 0.857 bits per heavy atom. The van der Waals surface area contributed by atoms with Crippen molar-refractivity contribution in [2.45, 2.75) is 96.7 Å². The Morgan fingerprint density at radius 2 is 1.33 bits per heavy atom. The normalized spacial score (nSPS) is 11.6. The van der Waals surface area contributed by atoms with Gasteiger partial charge in [-0.05, 0) is 31.0 Å². The SMILES string of the molecule is CCCC[Si](CCCC)(CCCC)OC(=O)CCCCCl. The minimum atomic E-state index is -1.86. The highest BCUT2D eigenvalue weighted by molar-refractivity contribution is 6.75. The van der Waals surface area contributed by atoms with Crippen molar-refractivity contribution < 1.29 is 9.22 Å². The maximum Gasteiger partial charge on any atom is 0.292 e. The Kier molecular flexibility index (Phi) is 13.6. The monoisotopic (exact) mass is 334 g/mol. The average Bonchev–Trinajstić information content (AvgIpc) is 2.49. The quantitative estimate of drug-likeness (QED) is 0.212. The number of alkyl halides is 1. The van der Waals surface area contributed by atoms with Gasteiger partial charge < -0.3 is 4.43 Å². The lowest BCUT2D eigenvalue weighted by Crippen LogP contribution is -2.40. The molecule has 0 atom stereocenters. The summed E-state index contributed by atoms with van der Waals surface area (Å²) in [6.45, 7) is 6.67. The summed E-state index contributed by atoms with van der Waals surface area (Å²) in [5.41, 5.74) is 0. The van der Waals surface area contributed by atoms with Crippen LogP contribution in [-0.2, 0) is 9.22 Å². The van der Waals surface area contributed by atoms with Crippen LogP contribution in [0.5, 0.6) is 0 Å². The van der Waals surface area contributed by atoms with Crippen LogP contribution in [0.2, 0.25) is 18.1 Å². The van der Waals surface area contributed by atoms with Crippen LogP contribution < -0.4 is 0 Å². The van der Waals surface area contributed by atoms with Crippen molar-refractivity contribution >= 4 is 25.9 Å². The predicted molar refractivity (Wildman–Crippen MR) is 95.6 cm³/mol. The summed E-state index contributed by atoms with van der Waals surface area (Å²) in [7, 11) is -1.86. The van der Waals surface area contributed by atoms with Crippen LogP contribution in [0, 0.1) is 0 Å². The standard InChI is InChI=1S/C17H35ClO2Si/c1-4-7-14-21(15-8-5-2,16-9-6-3)20-17(19)12-10-11-13-18/h4-16H2,1-3H3. The number of halogens is 1. The first-order chi connectivity index (χ1) is 10.1. The molecule has 4 heteroatoms. The van der Waals surface area contributed by atoms with E-state index in [1.54, 1.807) is 0 Å². The van der Waals surface area contributed by atoms with Crippen molar-refractivity contribution in [1.29, 1.82) is 0 Å². The number of rotatable bonds is 14. The molecule has 0 heterocycles. The minimum Gasteiger partial charge on any atom is -0.519 e. The van der Waals surface area contributed by atoms with Crippen LogP contribution in [-0.4, -0.2) is 20.2 Å². The Bertz CT molecular complexity index is 237. The molecular weight excluding hydrogens is 300 g/mol. The number of hydrogen-bond donors (Lipinski definition) is 0. The van der Waals surface area contributed by atoms with Gasteiger partial charge in [0.2, 0.25) is 0 Å². The Hall–Kier alpha value is -0.0231. The maximum absolute atomic E-state index is 12.2. The molecule has 126 valence electrons. The first-order valence-corrected chi connectivity index (χ1v) is 12.0. The van der Waals surface area contributed by atoms with Gasteiger partial charge in [0.05, 0.1) is 0 Å². The van der Waals surface area contributed by atoms with Gasteiger partial charge in [-0.1, -0.05) is 59.3 Å². The van der Waals surface area contributed by atoms with Crippen molar-refractivity contribution in [1.82, 2.24) is 0 Å². The van der Waals surface area contributed by atoms with Gasteiger partial charge in [-0.3, -0.25) is 4.79 Å². The summed E-state index contributed by atoms with van der Waals surface area (Å²) >= 11 is 5.68. The fourth-order valence-corrected chi connectivity index (χ4v) is 7.51. The van der Waals surface area contributed by atoms with Crippen LogP contribution in [0.25, 0.3) is 0 Å². The summed E-state index contributed by atoms with van der Waals surface area (Å²) < 4.78 is 6.15. The number of carbonyl (C=O) groups excluding carboxylic acids is 1. The van der Waals surface area contributed by atoms with Gasteiger partial charge >= 0.3 is 0 Å². The van der Waals surface area contributed by atoms with Gasteiger partial charge in [-0.25, -0.2) is 0 Å². The Balaban J connectivity index is 4.64. The van der Waals surface area contributed by atoms with Crippen molar-refractivity contribution in [3.8, 4) is 0 Å². The molecule has 0 aliphatic carbocycles. The average molecular weight is 335 g/mol. The third kappa shape index (κ3) is 10.3. The molecule has 2 nitrogen and oxygen atoms in total. The van der Waals surface area contributed by atoms with E-state index in [1.165, 1.54) is 38.5 Å². The molecule has 0 spiro atoms. The molecule has 0 radical (unpaired) electrons. The lowest BCUT2D eigenvalue weighted by Gasteiger charge is -2.31. The molecule has 0 aliphatic heterocycles. The number of unbranched alkanes of at least 4 members (excludes halogenated alkanes) is 4. The van der Waals surface area contributed by atoms with E-state index in [1.807, 2.05) is 0 Å². The third-order valence-corrected chi connectivity index (χ3v) is 8.78. The second kappa shape index (κ2) is 13.6. The molecule has 0 rings (SSSR count). The van der Waals surface area contributed by atoms with E-state index >= 15 is 0 Å². The van der Waals surface area contributed by atoms with Crippen LogP contribution in [0.3, 0.4) is 0 Å². The zero-order valence-electron chi connectivity index (χ0n) is 14.4. The number of hydrogen-bond acceptors (Lipinski definition) is 2. The summed E-state index contributed by atoms with van der Waals surface area (Å²) in [4.78, 5) is 12.2. The first kappa shape index (κ1) is 21.0. The molecule has 0 N–H and O–H groups in total. The molecule has 0 aliphatic rings. The smallest absolute Gasteiger partial charge is 0.292 e. The second-order valence-electron chi connectivity index (χ2n) is 6.11. The highest BCUT2D eigenvalue weighted by Crippen LogP contribution is 2.30. The molecule has 0 bridgehead atoms. The largest absolute Gasteiger partial charge is 0.519 e. The van der Waals surface area contributed by atoms with Gasteiger partial charge in [0.15, 0.2) is 0 Å². The second-order valence-corrected chi connectivity index (χ2v) is 10.6. The third-order valence-electron chi connectivity index (χ3n) is 4.05. The highest BCUT2D eigenvalue weighted by Gasteiger charge is 2.36. The summed E-state index contributed by atoms with van der Waals surface area (Å²) in [5.74, 6) is 0.673. The van der Waals surface area contributed by atoms with Gasteiger partial charge in [-0.15, -0.1) is 11.6 Å². The topological polar surface area (TPSA) is 26.3 Å². The van der Waals surface area contributed by atoms with Crippen LogP contribution in [0.15, 0.2) is 0 Å². The van der Waals surface area contributed by atoms with Gasteiger partial charge in [0.25, 0.3) is 14.3 Å². The van der Waals surface area contributed by atoms with Gasteiger partial charge in [0.1, 0.15) is 0 Å². The lowest BCUT2D eigenvalue weighted by atomic mass is 10.3. The summed E-state index contributed by atoms with van der Waals surface area (Å²) in [6.07, 6.45) is 9.50. The van der Waals surface area contributed by atoms with Crippen molar-refractivity contribution in [3.05, 3.63) is 0 Å². The van der Waals surface area contributed by atoms with Crippen LogP contribution in [0.4, 0.5) is 0 Å². The molecule has 0 fully saturated rings. The van der Waals surface area contributed by atoms with Crippen LogP contribution in [0.1, 0.15) is 78.6 Å². The van der Waals surface area contributed by atoms with E-state index in [2.05, 4.69) is 20.8 Å². The summed E-state index contributed by atoms with van der Waals surface area (Å²) in [5, 5.41) is 0. The Morgan fingerprint density at radius 3 is 1.71 bits per heavy atom. The zero-order chi connectivity index (χ0) is 16.0. The van der Waals surface area contributed by atoms with Crippen molar-refractivity contribution in [2.75, 3.05) is 5.88 Å². The fourth-order valence-electron chi connectivity index (χ4n) is 2.68. The zero-order valence-corrected chi connectivity index (χ0v) is 16.1. The van der Waals surface area contributed by atoms with E-state index in [0.29, 0.717) is 12.3 Å². The van der Waals surface area contributed by atoms with Crippen molar-refractivity contribution in [3.63, 3.8) is 0 Å². The van der Waals surface area contributed by atoms with E-state index in [0.717, 1.165) is 31.0 Å². The molecule has 0 aromatic carbocycles. The Labute approximate surface area is 138 Å². The molecule has 0 amide bonds. The lowest BCUT2D eigenvalue weighted by molar-refractivity contribution is -0.135. The van der Waals surface area contributed by atoms with E-state index in [9.17, 15) is 4.79 Å². The fraction of sp³-hybridized carbons (Fsp3) is 0.941. The molecule has 21 heavy (non-hydrogen) atoms. The van der Waals surface area contributed by atoms with Crippen molar-refractivity contribution in [2.24, 2.45) is 0 Å². The summed E-state index contributed by atoms with van der Waals surface area (Å²) in [6, 6.07) is 3.47. The van der Waals surface area contributed by atoms with E-state index in [4.69, 9.17) is 16.0 Å². The number of carbonyl (C=O) groups is 1. The molecule has 0 aromatic heterocycles. The molecule has 0 aromatic rings. The van der Waals surface area contributed by atoms with Gasteiger partial charge in [-0.2, -0.15) is 0 Å². The molecule has 0 saturated carbocycles. The first-order valence-electron chi connectivity index (χ1n) is 8.92.